The third-order valence-corrected chi connectivity index (χ3v) is 2.31. The van der Waals surface area contributed by atoms with Crippen molar-refractivity contribution in [1.29, 1.82) is 0 Å². The number of carbonyl (C=O) groups excluding carboxylic acids is 1. The minimum Gasteiger partial charge on any atom is -0.365 e. The van der Waals surface area contributed by atoms with Crippen LogP contribution in [0.4, 0.5) is 0 Å². The maximum Gasteiger partial charge on any atom is 0.184 e. The van der Waals surface area contributed by atoms with E-state index in [1.807, 2.05) is 30.3 Å². The Labute approximate surface area is 88.0 Å². The Kier molecular flexibility index (Phi) is 2.94. The van der Waals surface area contributed by atoms with Gasteiger partial charge in [-0.1, -0.05) is 30.3 Å². The summed E-state index contributed by atoms with van der Waals surface area (Å²) in [5.74, 6) is -0.0934. The van der Waals surface area contributed by atoms with Gasteiger partial charge >= 0.3 is 0 Å². The summed E-state index contributed by atoms with van der Waals surface area (Å²) in [6, 6.07) is 9.61. The van der Waals surface area contributed by atoms with E-state index in [9.17, 15) is 9.90 Å². The van der Waals surface area contributed by atoms with Crippen LogP contribution in [-0.4, -0.2) is 23.3 Å². The highest BCUT2D eigenvalue weighted by Gasteiger charge is 2.23. The highest BCUT2D eigenvalue weighted by Crippen LogP contribution is 2.13. The molecular weight excluding hydrogens is 192 g/mol. The maximum absolute atomic E-state index is 11.4. The second-order valence-electron chi connectivity index (χ2n) is 3.47. The molecule has 0 aliphatic carbocycles. The molecule has 3 heteroatoms. The molecule has 1 aliphatic heterocycles. The molecule has 0 radical (unpaired) electrons. The SMILES string of the molecule is O=C1C=C[C@H](O)O[C@@H]1Cc1ccccc1. The van der Waals surface area contributed by atoms with Crippen molar-refractivity contribution >= 4 is 5.78 Å². The predicted molar refractivity (Wildman–Crippen MR) is 55.2 cm³/mol. The number of ether oxygens (including phenoxy) is 1. The van der Waals surface area contributed by atoms with E-state index in [0.717, 1.165) is 5.56 Å². The van der Waals surface area contributed by atoms with E-state index in [4.69, 9.17) is 4.74 Å². The first kappa shape index (κ1) is 10.1. The van der Waals surface area contributed by atoms with E-state index in [1.165, 1.54) is 12.2 Å². The van der Waals surface area contributed by atoms with Gasteiger partial charge in [0.1, 0.15) is 6.10 Å². The molecule has 1 aromatic rings. The minimum absolute atomic E-state index is 0.0934. The number of aliphatic hydroxyl groups is 1. The van der Waals surface area contributed by atoms with E-state index in [0.29, 0.717) is 6.42 Å². The normalized spacial score (nSPS) is 25.5. The topological polar surface area (TPSA) is 46.5 Å². The van der Waals surface area contributed by atoms with Crippen molar-refractivity contribution in [3.63, 3.8) is 0 Å². The van der Waals surface area contributed by atoms with E-state index < -0.39 is 12.4 Å². The minimum atomic E-state index is -0.962. The highest BCUT2D eigenvalue weighted by molar-refractivity contribution is 5.94. The zero-order valence-corrected chi connectivity index (χ0v) is 8.17. The number of hydrogen-bond donors (Lipinski definition) is 1. The van der Waals surface area contributed by atoms with Gasteiger partial charge in [0, 0.05) is 6.42 Å². The van der Waals surface area contributed by atoms with Crippen LogP contribution in [0.25, 0.3) is 0 Å². The molecule has 1 heterocycles. The molecule has 0 unspecified atom stereocenters. The second-order valence-corrected chi connectivity index (χ2v) is 3.47. The van der Waals surface area contributed by atoms with Crippen LogP contribution in [0.2, 0.25) is 0 Å². The number of rotatable bonds is 2. The van der Waals surface area contributed by atoms with Crippen LogP contribution in [0.3, 0.4) is 0 Å². The maximum atomic E-state index is 11.4. The lowest BCUT2D eigenvalue weighted by atomic mass is 10.0. The fourth-order valence-corrected chi connectivity index (χ4v) is 1.54. The Morgan fingerprint density at radius 1 is 1.27 bits per heavy atom. The van der Waals surface area contributed by atoms with Gasteiger partial charge in [-0.25, -0.2) is 0 Å². The van der Waals surface area contributed by atoms with Gasteiger partial charge in [0.05, 0.1) is 0 Å². The Morgan fingerprint density at radius 3 is 2.73 bits per heavy atom. The summed E-state index contributed by atoms with van der Waals surface area (Å²) < 4.78 is 5.12. The lowest BCUT2D eigenvalue weighted by Gasteiger charge is -2.21. The Hall–Kier alpha value is -1.45. The van der Waals surface area contributed by atoms with Gasteiger partial charge in [0.2, 0.25) is 0 Å². The van der Waals surface area contributed by atoms with Crippen LogP contribution in [0, 0.1) is 0 Å². The van der Waals surface area contributed by atoms with E-state index in [1.54, 1.807) is 0 Å². The molecule has 0 amide bonds. The smallest absolute Gasteiger partial charge is 0.184 e. The summed E-state index contributed by atoms with van der Waals surface area (Å²) >= 11 is 0. The third kappa shape index (κ3) is 2.52. The first-order chi connectivity index (χ1) is 7.25. The molecular formula is C12H12O3. The van der Waals surface area contributed by atoms with Crippen molar-refractivity contribution in [2.45, 2.75) is 18.8 Å². The predicted octanol–water partition coefficient (Wildman–Crippen LogP) is 1.07. The lowest BCUT2D eigenvalue weighted by Crippen LogP contribution is -2.33. The summed E-state index contributed by atoms with van der Waals surface area (Å²) in [6.45, 7) is 0. The van der Waals surface area contributed by atoms with Crippen molar-refractivity contribution < 1.29 is 14.6 Å². The van der Waals surface area contributed by atoms with Crippen molar-refractivity contribution in [2.24, 2.45) is 0 Å². The van der Waals surface area contributed by atoms with Crippen LogP contribution >= 0.6 is 0 Å². The van der Waals surface area contributed by atoms with Gasteiger partial charge in [-0.15, -0.1) is 0 Å². The molecule has 3 nitrogen and oxygen atoms in total. The van der Waals surface area contributed by atoms with Crippen molar-refractivity contribution in [3.8, 4) is 0 Å². The van der Waals surface area contributed by atoms with Crippen LogP contribution in [0.5, 0.6) is 0 Å². The molecule has 1 aromatic carbocycles. The summed E-state index contributed by atoms with van der Waals surface area (Å²) in [7, 11) is 0. The first-order valence-electron chi connectivity index (χ1n) is 4.85. The van der Waals surface area contributed by atoms with Gasteiger partial charge in [-0.2, -0.15) is 0 Å². The molecule has 0 bridgehead atoms. The van der Waals surface area contributed by atoms with E-state index >= 15 is 0 Å². The number of ketones is 1. The third-order valence-electron chi connectivity index (χ3n) is 2.31. The van der Waals surface area contributed by atoms with Gasteiger partial charge < -0.3 is 9.84 Å². The highest BCUT2D eigenvalue weighted by atomic mass is 16.6. The zero-order chi connectivity index (χ0) is 10.7. The number of hydrogen-bond acceptors (Lipinski definition) is 3. The molecule has 78 valence electrons. The number of benzene rings is 1. The molecule has 0 saturated carbocycles. The Balaban J connectivity index is 2.07. The fourth-order valence-electron chi connectivity index (χ4n) is 1.54. The molecule has 0 saturated heterocycles. The molecule has 2 atom stereocenters. The van der Waals surface area contributed by atoms with Gasteiger partial charge in [0.25, 0.3) is 0 Å². The van der Waals surface area contributed by atoms with Crippen molar-refractivity contribution in [2.75, 3.05) is 0 Å². The lowest BCUT2D eigenvalue weighted by molar-refractivity contribution is -0.147. The van der Waals surface area contributed by atoms with E-state index in [2.05, 4.69) is 0 Å². The average molecular weight is 204 g/mol. The van der Waals surface area contributed by atoms with Crippen LogP contribution in [-0.2, 0) is 16.0 Å². The summed E-state index contributed by atoms with van der Waals surface area (Å²) in [6.07, 6.45) is 1.70. The standard InChI is InChI=1S/C12H12O3/c13-10-6-7-12(14)15-11(10)8-9-4-2-1-3-5-9/h1-7,11-12,14H,8H2/t11-,12-/m1/s1. The van der Waals surface area contributed by atoms with Crippen LogP contribution in [0.15, 0.2) is 42.5 Å². The quantitative estimate of drug-likeness (QED) is 0.783. The summed E-state index contributed by atoms with van der Waals surface area (Å²) in [5.41, 5.74) is 1.03. The molecule has 0 spiro atoms. The van der Waals surface area contributed by atoms with Gasteiger partial charge in [0.15, 0.2) is 12.1 Å². The van der Waals surface area contributed by atoms with Crippen molar-refractivity contribution in [1.82, 2.24) is 0 Å². The molecule has 0 aromatic heterocycles. The number of carbonyl (C=O) groups is 1. The molecule has 1 N–H and O–H groups in total. The van der Waals surface area contributed by atoms with Crippen molar-refractivity contribution in [3.05, 3.63) is 48.0 Å². The second kappa shape index (κ2) is 4.38. The van der Waals surface area contributed by atoms with Crippen LogP contribution < -0.4 is 0 Å². The first-order valence-corrected chi connectivity index (χ1v) is 4.85. The summed E-state index contributed by atoms with van der Waals surface area (Å²) in [4.78, 5) is 11.4. The molecule has 1 aliphatic rings. The van der Waals surface area contributed by atoms with Crippen LogP contribution in [0.1, 0.15) is 5.56 Å². The zero-order valence-electron chi connectivity index (χ0n) is 8.17. The molecule has 2 rings (SSSR count). The number of aliphatic hydroxyl groups excluding tert-OH is 1. The van der Waals surface area contributed by atoms with Gasteiger partial charge in [-0.3, -0.25) is 4.79 Å². The Morgan fingerprint density at radius 2 is 2.00 bits per heavy atom. The average Bonchev–Trinajstić information content (AvgIpc) is 2.25. The Bertz CT molecular complexity index is 370. The molecule has 0 fully saturated rings. The van der Waals surface area contributed by atoms with Gasteiger partial charge in [-0.05, 0) is 17.7 Å². The van der Waals surface area contributed by atoms with E-state index in [-0.39, 0.29) is 5.78 Å². The largest absolute Gasteiger partial charge is 0.365 e. The fraction of sp³-hybridized carbons (Fsp3) is 0.250. The molecule has 15 heavy (non-hydrogen) atoms. The monoisotopic (exact) mass is 204 g/mol. The summed E-state index contributed by atoms with van der Waals surface area (Å²) in [5, 5.41) is 9.21.